The Bertz CT molecular complexity index is 2670. The van der Waals surface area contributed by atoms with Crippen LogP contribution in [0.4, 0.5) is 0 Å². The van der Waals surface area contributed by atoms with Crippen molar-refractivity contribution in [2.45, 2.75) is 82.8 Å². The van der Waals surface area contributed by atoms with E-state index in [0.29, 0.717) is 46.8 Å². The van der Waals surface area contributed by atoms with Gasteiger partial charge in [-0.05, 0) is 73.2 Å². The summed E-state index contributed by atoms with van der Waals surface area (Å²) in [4.78, 5) is 93.9. The van der Waals surface area contributed by atoms with Crippen molar-refractivity contribution in [2.24, 2.45) is 5.92 Å². The van der Waals surface area contributed by atoms with Crippen molar-refractivity contribution in [1.82, 2.24) is 36.6 Å². The maximum atomic E-state index is 15.0. The minimum atomic E-state index is -4.67. The Morgan fingerprint density at radius 3 is 2.09 bits per heavy atom. The van der Waals surface area contributed by atoms with E-state index in [2.05, 4.69) is 31.7 Å². The van der Waals surface area contributed by atoms with Crippen molar-refractivity contribution in [3.8, 4) is 28.1 Å². The van der Waals surface area contributed by atoms with Crippen LogP contribution >= 0.6 is 19.0 Å². The topological polar surface area (TPSA) is 249 Å². The Hall–Kier alpha value is -6.81. The molecule has 1 aliphatic heterocycles. The van der Waals surface area contributed by atoms with Gasteiger partial charge in [-0.15, -0.1) is 0 Å². The number of benzene rings is 4. The van der Waals surface area contributed by atoms with Crippen molar-refractivity contribution in [2.75, 3.05) is 19.8 Å². The van der Waals surface area contributed by atoms with Gasteiger partial charge in [0.2, 0.25) is 42.8 Å². The summed E-state index contributed by atoms with van der Waals surface area (Å²) in [5.74, 6) is -6.34. The molecular formula is C50H57ClN7O10P. The third-order valence-corrected chi connectivity index (χ3v) is 14.5. The zero-order valence-corrected chi connectivity index (χ0v) is 40.3. The molecule has 6 rings (SSSR count). The molecule has 0 radical (unpaired) electrons. The van der Waals surface area contributed by atoms with Crippen LogP contribution in [0.1, 0.15) is 50.5 Å². The molecule has 2 unspecified atom stereocenters. The highest BCUT2D eigenvalue weighted by Gasteiger charge is 2.40. The first-order valence-electron chi connectivity index (χ1n) is 22.6. The maximum Gasteiger partial charge on any atom is 0.243 e. The van der Waals surface area contributed by atoms with E-state index in [-0.39, 0.29) is 36.7 Å². The number of aromatic nitrogens is 1. The van der Waals surface area contributed by atoms with Crippen molar-refractivity contribution in [1.29, 1.82) is 0 Å². The fourth-order valence-corrected chi connectivity index (χ4v) is 10.3. The van der Waals surface area contributed by atoms with Crippen LogP contribution in [0.5, 0.6) is 5.75 Å². The molecule has 6 amide bonds. The lowest BCUT2D eigenvalue weighted by Crippen LogP contribution is -2.54. The summed E-state index contributed by atoms with van der Waals surface area (Å²) in [6, 6.07) is 26.8. The quantitative estimate of drug-likeness (QED) is 0.0513. The van der Waals surface area contributed by atoms with Crippen molar-refractivity contribution < 1.29 is 47.9 Å². The highest BCUT2D eigenvalue weighted by Crippen LogP contribution is 2.49. The van der Waals surface area contributed by atoms with E-state index >= 15 is 0 Å². The minimum absolute atomic E-state index is 0.0263. The molecule has 1 fully saturated rings. The van der Waals surface area contributed by atoms with E-state index in [1.165, 1.54) is 44.9 Å². The van der Waals surface area contributed by atoms with Crippen LogP contribution in [0, 0.1) is 5.92 Å². The van der Waals surface area contributed by atoms with Gasteiger partial charge in [0.25, 0.3) is 0 Å². The molecule has 1 aromatic heterocycles. The molecule has 5 aromatic rings. The average Bonchev–Trinajstić information content (AvgIpc) is 4.03. The van der Waals surface area contributed by atoms with Gasteiger partial charge in [0.05, 0.1) is 5.92 Å². The minimum Gasteiger partial charge on any atom is -0.508 e. The first kappa shape index (κ1) is 51.6. The van der Waals surface area contributed by atoms with Crippen LogP contribution < -0.4 is 26.6 Å². The molecule has 19 heteroatoms. The summed E-state index contributed by atoms with van der Waals surface area (Å²) in [5.41, 5.74) is 4.03. The number of carbonyl (C=O) groups is 6. The number of nitrogens with zero attached hydrogens (tertiary/aromatic N) is 2. The van der Waals surface area contributed by atoms with Gasteiger partial charge in [-0.2, -0.15) is 0 Å². The Kier molecular flexibility index (Phi) is 17.5. The first-order chi connectivity index (χ1) is 32.9. The standard InChI is InChI=1S/C50H57ClN7O10P/c1-30(46(61)52-4)53-49(64)43(24-34-15-21-40(60)22-16-34)55-48(63)38(27-41-28-42(57-68-41)36-19-17-35(18-20-36)37-12-8-13-39(51)26-37)29-69(66,67)45(25-33-10-6-5-7-11-33)56-47(62)31(2)54-50(65)44-14-9-23-58(44)32(3)59/h5-8,10-13,15-22,26,28,30-31,38,43-45,60H,9,14,23-25,27,29H2,1-4H3,(H,52,61)(H,53,64)(H,54,65)(H,55,63)(H,56,62)(H,66,67)/t30-,31-,38?,43-,44-,45+/m0/s1. The predicted octanol–water partition coefficient (Wildman–Crippen LogP) is 4.98. The summed E-state index contributed by atoms with van der Waals surface area (Å²) >= 11 is 6.22. The summed E-state index contributed by atoms with van der Waals surface area (Å²) in [7, 11) is -3.26. The molecular weight excluding hydrogens is 925 g/mol. The number of carbonyl (C=O) groups excluding carboxylic acids is 6. The molecule has 69 heavy (non-hydrogen) atoms. The van der Waals surface area contributed by atoms with Crippen LogP contribution in [-0.2, 0) is 52.6 Å². The lowest BCUT2D eigenvalue weighted by atomic mass is 10.0. The van der Waals surface area contributed by atoms with Crippen molar-refractivity contribution in [3.63, 3.8) is 0 Å². The molecule has 7 atom stereocenters. The van der Waals surface area contributed by atoms with Gasteiger partial charge in [-0.1, -0.05) is 95.6 Å². The van der Waals surface area contributed by atoms with Gasteiger partial charge in [0.15, 0.2) is 0 Å². The molecule has 1 saturated heterocycles. The zero-order chi connectivity index (χ0) is 49.8. The van der Waals surface area contributed by atoms with Crippen LogP contribution in [-0.4, -0.2) is 105 Å². The summed E-state index contributed by atoms with van der Waals surface area (Å²) < 4.78 is 20.7. The molecule has 364 valence electrons. The van der Waals surface area contributed by atoms with E-state index in [1.807, 2.05) is 42.5 Å². The van der Waals surface area contributed by atoms with E-state index < -0.39 is 78.9 Å². The molecule has 1 aliphatic rings. The van der Waals surface area contributed by atoms with Gasteiger partial charge in [0, 0.05) is 62.6 Å². The van der Waals surface area contributed by atoms with Crippen LogP contribution in [0.25, 0.3) is 22.4 Å². The fourth-order valence-electron chi connectivity index (χ4n) is 8.15. The highest BCUT2D eigenvalue weighted by molar-refractivity contribution is 7.58. The average molecular weight is 982 g/mol. The number of likely N-dealkylation sites (N-methyl/N-ethyl adjacent to an activating group) is 1. The Morgan fingerprint density at radius 1 is 0.754 bits per heavy atom. The normalized spacial score (nSPS) is 16.4. The third-order valence-electron chi connectivity index (χ3n) is 12.0. The van der Waals surface area contributed by atoms with Gasteiger partial charge in [-0.25, -0.2) is 0 Å². The molecule has 17 nitrogen and oxygen atoms in total. The van der Waals surface area contributed by atoms with E-state index in [4.69, 9.17) is 16.1 Å². The number of amides is 6. The smallest absolute Gasteiger partial charge is 0.243 e. The van der Waals surface area contributed by atoms with E-state index in [9.17, 15) is 43.3 Å². The number of halogens is 1. The second-order valence-corrected chi connectivity index (χ2v) is 20.1. The van der Waals surface area contributed by atoms with Gasteiger partial charge in [0.1, 0.15) is 47.2 Å². The molecule has 4 aromatic carbocycles. The third kappa shape index (κ3) is 14.1. The molecule has 2 heterocycles. The number of nitrogens with one attached hydrogen (secondary N) is 5. The van der Waals surface area contributed by atoms with Crippen LogP contribution in [0.3, 0.4) is 0 Å². The van der Waals surface area contributed by atoms with Gasteiger partial charge >= 0.3 is 0 Å². The number of likely N-dealkylation sites (tertiary alicyclic amines) is 1. The first-order valence-corrected chi connectivity index (χ1v) is 24.9. The fraction of sp³-hybridized carbons (Fsp3) is 0.340. The van der Waals surface area contributed by atoms with Gasteiger partial charge in [-0.3, -0.25) is 33.3 Å². The second kappa shape index (κ2) is 23.5. The maximum absolute atomic E-state index is 15.0. The molecule has 0 aliphatic carbocycles. The highest BCUT2D eigenvalue weighted by atomic mass is 35.5. The zero-order valence-electron chi connectivity index (χ0n) is 38.7. The lowest BCUT2D eigenvalue weighted by molar-refractivity contribution is -0.138. The monoisotopic (exact) mass is 981 g/mol. The SMILES string of the molecule is CNC(=O)[C@H](C)NC(=O)[C@H](Cc1ccc(O)cc1)NC(=O)C(Cc1cc(-c2ccc(-c3cccc(Cl)c3)cc2)no1)CP(=O)(O)[C@H](Cc1ccccc1)NC(=O)[C@H](C)NC(=O)[C@@H]1CCCN1C(C)=O. The number of aromatic hydroxyl groups is 1. The molecule has 0 spiro atoms. The predicted molar refractivity (Wildman–Crippen MR) is 260 cm³/mol. The Morgan fingerprint density at radius 2 is 1.42 bits per heavy atom. The van der Waals surface area contributed by atoms with Crippen molar-refractivity contribution >= 4 is 54.4 Å². The Balaban J connectivity index is 1.30. The summed E-state index contributed by atoms with van der Waals surface area (Å²) in [6.45, 7) is 4.66. The number of hydrogen-bond acceptors (Lipinski definition) is 10. The molecule has 0 saturated carbocycles. The number of phenolic OH excluding ortho intramolecular Hbond substituents is 1. The lowest BCUT2D eigenvalue weighted by Gasteiger charge is -2.29. The van der Waals surface area contributed by atoms with Crippen LogP contribution in [0.15, 0.2) is 114 Å². The largest absolute Gasteiger partial charge is 0.508 e. The Labute approximate surface area is 405 Å². The summed E-state index contributed by atoms with van der Waals surface area (Å²) in [5, 5.41) is 27.9. The van der Waals surface area contributed by atoms with E-state index in [1.54, 1.807) is 54.6 Å². The van der Waals surface area contributed by atoms with E-state index in [0.717, 1.165) is 11.1 Å². The van der Waals surface area contributed by atoms with Crippen LogP contribution in [0.2, 0.25) is 5.02 Å². The number of hydrogen-bond donors (Lipinski definition) is 7. The number of rotatable bonds is 20. The van der Waals surface area contributed by atoms with Gasteiger partial charge < -0.3 is 46.0 Å². The molecule has 0 bridgehead atoms. The molecule has 7 N–H and O–H groups in total. The van der Waals surface area contributed by atoms with Crippen molar-refractivity contribution in [3.05, 3.63) is 131 Å². The number of phenols is 1. The summed E-state index contributed by atoms with van der Waals surface area (Å²) in [6.07, 6.45) is -0.209. The second-order valence-electron chi connectivity index (χ2n) is 17.2.